The van der Waals surface area contributed by atoms with E-state index in [0.717, 1.165) is 74.4 Å². The quantitative estimate of drug-likeness (QED) is 0.219. The summed E-state index contributed by atoms with van der Waals surface area (Å²) in [6.45, 7) is 0. The summed E-state index contributed by atoms with van der Waals surface area (Å²) in [5, 5.41) is 4.20. The molecule has 0 aliphatic heterocycles. The number of benzene rings is 9. The van der Waals surface area contributed by atoms with E-state index in [0.29, 0.717) is 11.3 Å². The summed E-state index contributed by atoms with van der Waals surface area (Å²) < 4.78 is 4.37. The number of hydrogen-bond acceptors (Lipinski definition) is 0. The molecule has 0 amide bonds. The molecule has 290 valence electrons. The maximum Gasteiger partial charge on any atom is 0.115 e. The highest BCUT2D eigenvalue weighted by Crippen LogP contribution is 2.74. The summed E-state index contributed by atoms with van der Waals surface area (Å²) in [6.07, 6.45) is 0. The Morgan fingerprint density at radius 1 is 0.284 bits per heavy atom. The maximum atomic E-state index is 6.71. The molecular formula is C54H28B10N2S. The van der Waals surface area contributed by atoms with Crippen LogP contribution in [0.2, 0.25) is 0 Å². The van der Waals surface area contributed by atoms with Crippen molar-refractivity contribution in [1.29, 1.82) is 0 Å². The molecule has 0 spiro atoms. The van der Waals surface area contributed by atoms with Crippen molar-refractivity contribution in [2.75, 3.05) is 0 Å². The van der Waals surface area contributed by atoms with E-state index in [4.69, 9.17) is 78.5 Å². The molecule has 11 rings (SSSR count). The smallest absolute Gasteiger partial charge is 0.115 e. The van der Waals surface area contributed by atoms with Crippen LogP contribution in [0.25, 0.3) is 66.1 Å². The van der Waals surface area contributed by atoms with Gasteiger partial charge in [0.15, 0.2) is 0 Å². The molecule has 0 aliphatic carbocycles. The van der Waals surface area contributed by atoms with Gasteiger partial charge in [0.1, 0.15) is 78.5 Å². The SMILES string of the molecule is [B]c1c([B])c([B])c(-c2cccc(S(c3ccccc3)(c3ccccc3)c3ccc4c5ccccc5n(-c5ccc6c(c5)c5ccccc5n6-c5c([B])c([B])c([B])c([B])c5[B])c4c3)c2)c([B])c1[B]. The second kappa shape index (κ2) is 16.4. The first kappa shape index (κ1) is 43.2. The van der Waals surface area contributed by atoms with Gasteiger partial charge in [0, 0.05) is 52.5 Å². The highest BCUT2D eigenvalue weighted by Gasteiger charge is 2.34. The number of nitrogens with zero attached hydrogens (tertiary/aromatic N) is 2. The lowest BCUT2D eigenvalue weighted by Gasteiger charge is -2.42. The zero-order valence-corrected chi connectivity index (χ0v) is 37.1. The van der Waals surface area contributed by atoms with E-state index in [1.807, 2.05) is 47.0 Å². The molecule has 0 unspecified atom stereocenters. The molecule has 0 bridgehead atoms. The normalized spacial score (nSPS) is 12.1. The van der Waals surface area contributed by atoms with Gasteiger partial charge in [-0.3, -0.25) is 0 Å². The maximum absolute atomic E-state index is 6.71. The molecule has 2 aromatic heterocycles. The summed E-state index contributed by atoms with van der Waals surface area (Å²) in [5.74, 6) is 0. The Labute approximate surface area is 405 Å². The zero-order chi connectivity index (χ0) is 46.5. The molecule has 2 heterocycles. The molecule has 0 aliphatic rings. The van der Waals surface area contributed by atoms with Gasteiger partial charge in [-0.15, -0.1) is 42.8 Å². The second-order valence-electron chi connectivity index (χ2n) is 16.7. The van der Waals surface area contributed by atoms with Crippen LogP contribution >= 0.6 is 10.0 Å². The minimum absolute atomic E-state index is 0.164. The van der Waals surface area contributed by atoms with Gasteiger partial charge in [-0.05, 0) is 90.0 Å². The predicted molar refractivity (Wildman–Crippen MR) is 294 cm³/mol. The summed E-state index contributed by atoms with van der Waals surface area (Å²) in [5.41, 5.74) is 8.78. The molecule has 0 N–H and O–H groups in total. The van der Waals surface area contributed by atoms with Crippen LogP contribution in [0.15, 0.2) is 189 Å². The highest BCUT2D eigenvalue weighted by molar-refractivity contribution is 8.34. The van der Waals surface area contributed by atoms with Gasteiger partial charge in [-0.1, -0.05) is 113 Å². The summed E-state index contributed by atoms with van der Waals surface area (Å²) >= 11 is 0. The van der Waals surface area contributed by atoms with Crippen LogP contribution in [0.1, 0.15) is 0 Å². The van der Waals surface area contributed by atoms with E-state index >= 15 is 0 Å². The Balaban J connectivity index is 1.21. The van der Waals surface area contributed by atoms with Gasteiger partial charge in [0.2, 0.25) is 0 Å². The van der Waals surface area contributed by atoms with Crippen molar-refractivity contribution in [3.8, 4) is 22.5 Å². The standard InChI is InChI=1S/C54H28B10N2S/c55-44-43(45(56)47(58)48(59)46(44)57)29-12-11-17-33(26-29)67(31-13-3-1-4-14-31,32-15-5-2-6-16-32)34-23-24-37-35-18-7-9-20-39(35)65(42(37)28-34)30-22-25-41-38(27-30)36-19-8-10-21-40(36)66(41)54-52(63)50(61)49(60)51(62)53(54)64/h1-28H. The van der Waals surface area contributed by atoms with Crippen molar-refractivity contribution < 1.29 is 0 Å². The molecule has 0 fully saturated rings. The molecule has 13 heteroatoms. The lowest BCUT2D eigenvalue weighted by Crippen LogP contribution is -2.56. The Hall–Kier alpha value is -6.42. The summed E-state index contributed by atoms with van der Waals surface area (Å²) in [4.78, 5) is 4.43. The third-order valence-corrected chi connectivity index (χ3v) is 17.1. The molecule has 9 aromatic carbocycles. The fourth-order valence-corrected chi connectivity index (χ4v) is 13.8. The third-order valence-electron chi connectivity index (χ3n) is 13.2. The lowest BCUT2D eigenvalue weighted by atomic mass is 9.60. The van der Waals surface area contributed by atoms with Crippen molar-refractivity contribution in [3.05, 3.63) is 170 Å². The molecule has 2 nitrogen and oxygen atoms in total. The first-order valence-electron chi connectivity index (χ1n) is 21.6. The van der Waals surface area contributed by atoms with Gasteiger partial charge >= 0.3 is 0 Å². The Morgan fingerprint density at radius 2 is 0.731 bits per heavy atom. The molecule has 11 aromatic rings. The highest BCUT2D eigenvalue weighted by atomic mass is 32.3. The van der Waals surface area contributed by atoms with Crippen molar-refractivity contribution in [2.45, 2.75) is 19.6 Å². The van der Waals surface area contributed by atoms with Crippen LogP contribution in [-0.2, 0) is 0 Å². The molecule has 0 saturated heterocycles. The van der Waals surface area contributed by atoms with E-state index < -0.39 is 10.0 Å². The van der Waals surface area contributed by atoms with Gasteiger partial charge in [0.05, 0.1) is 22.1 Å². The van der Waals surface area contributed by atoms with Crippen LogP contribution in [0.3, 0.4) is 0 Å². The number of rotatable bonds is 7. The van der Waals surface area contributed by atoms with Crippen LogP contribution < -0.4 is 54.6 Å². The van der Waals surface area contributed by atoms with Crippen LogP contribution in [0.5, 0.6) is 0 Å². The number of fused-ring (bicyclic) bond motifs is 6. The van der Waals surface area contributed by atoms with E-state index in [1.54, 1.807) is 0 Å². The topological polar surface area (TPSA) is 9.86 Å². The minimum atomic E-state index is -2.27. The molecule has 20 radical (unpaired) electrons. The summed E-state index contributed by atoms with van der Waals surface area (Å²) in [6, 6.07) is 59.6. The van der Waals surface area contributed by atoms with Crippen molar-refractivity contribution in [2.24, 2.45) is 0 Å². The zero-order valence-electron chi connectivity index (χ0n) is 36.2. The van der Waals surface area contributed by atoms with E-state index in [9.17, 15) is 0 Å². The largest absolute Gasteiger partial charge is 0.310 e. The van der Waals surface area contributed by atoms with Gasteiger partial charge < -0.3 is 9.13 Å². The van der Waals surface area contributed by atoms with E-state index in [-0.39, 0.29) is 54.6 Å². The average Bonchev–Trinajstić information content (AvgIpc) is 3.87. The molecular weight excluding hydrogens is 817 g/mol. The second-order valence-corrected chi connectivity index (χ2v) is 19.8. The van der Waals surface area contributed by atoms with Crippen molar-refractivity contribution in [3.63, 3.8) is 0 Å². The first-order valence-corrected chi connectivity index (χ1v) is 23.2. The number of hydrogen-bond donors (Lipinski definition) is 0. The predicted octanol–water partition coefficient (Wildman–Crippen LogP) is 2.83. The lowest BCUT2D eigenvalue weighted by molar-refractivity contribution is 1.17. The average molecular weight is 845 g/mol. The van der Waals surface area contributed by atoms with Crippen LogP contribution in [0, 0.1) is 0 Å². The third kappa shape index (κ3) is 6.41. The Kier molecular flexibility index (Phi) is 10.6. The molecule has 67 heavy (non-hydrogen) atoms. The molecule has 0 atom stereocenters. The van der Waals surface area contributed by atoms with Crippen molar-refractivity contribution >= 4 is 187 Å². The van der Waals surface area contributed by atoms with Crippen LogP contribution in [0.4, 0.5) is 0 Å². The molecule has 0 saturated carbocycles. The first-order chi connectivity index (χ1) is 32.4. The Morgan fingerprint density at radius 3 is 1.33 bits per heavy atom. The fourth-order valence-electron chi connectivity index (χ4n) is 9.90. The van der Waals surface area contributed by atoms with Crippen molar-refractivity contribution in [1.82, 2.24) is 9.13 Å². The number of para-hydroxylation sites is 2. The van der Waals surface area contributed by atoms with E-state index in [1.165, 1.54) is 0 Å². The van der Waals surface area contributed by atoms with Gasteiger partial charge in [-0.25, -0.2) is 0 Å². The minimum Gasteiger partial charge on any atom is -0.310 e. The fraction of sp³-hybridized carbons (Fsp3) is 0. The van der Waals surface area contributed by atoms with Crippen LogP contribution in [-0.4, -0.2) is 87.6 Å². The Bertz CT molecular complexity index is 3730. The summed E-state index contributed by atoms with van der Waals surface area (Å²) in [7, 11) is 62.8. The van der Waals surface area contributed by atoms with E-state index in [2.05, 4.69) is 132 Å². The monoisotopic (exact) mass is 846 g/mol. The van der Waals surface area contributed by atoms with Gasteiger partial charge in [0.25, 0.3) is 0 Å². The van der Waals surface area contributed by atoms with Gasteiger partial charge in [-0.2, -0.15) is 0 Å². The number of aromatic nitrogens is 2.